The molecule has 0 radical (unpaired) electrons. The number of likely N-dealkylation sites (N-methyl/N-ethyl adjacent to an activating group) is 1. The van der Waals surface area contributed by atoms with Crippen molar-refractivity contribution in [2.24, 2.45) is 4.99 Å². The number of halogens is 1. The Morgan fingerprint density at radius 2 is 2.10 bits per heavy atom. The molecule has 2 N–H and O–H groups in total. The maximum absolute atomic E-state index is 6.01. The van der Waals surface area contributed by atoms with Crippen molar-refractivity contribution in [3.63, 3.8) is 0 Å². The highest BCUT2D eigenvalue weighted by Gasteiger charge is 2.18. The van der Waals surface area contributed by atoms with Gasteiger partial charge in [0.05, 0.1) is 0 Å². The predicted octanol–water partition coefficient (Wildman–Crippen LogP) is 3.35. The van der Waals surface area contributed by atoms with Gasteiger partial charge in [-0.15, -0.1) is 24.0 Å². The van der Waals surface area contributed by atoms with Gasteiger partial charge in [0.25, 0.3) is 0 Å². The van der Waals surface area contributed by atoms with Crippen LogP contribution in [0.2, 0.25) is 0 Å². The summed E-state index contributed by atoms with van der Waals surface area (Å²) in [5, 5.41) is 7.57. The highest BCUT2D eigenvalue weighted by atomic mass is 127. The van der Waals surface area contributed by atoms with Crippen molar-refractivity contribution in [1.82, 2.24) is 15.5 Å². The minimum absolute atomic E-state index is 0. The van der Waals surface area contributed by atoms with Gasteiger partial charge in [-0.2, -0.15) is 11.8 Å². The number of guanidine groups is 1. The molecule has 1 aromatic rings. The molecule has 0 aliphatic carbocycles. The third kappa shape index (κ3) is 8.80. The number of hydrogen-bond acceptors (Lipinski definition) is 5. The summed E-state index contributed by atoms with van der Waals surface area (Å²) in [6.07, 6.45) is 4.87. The summed E-state index contributed by atoms with van der Waals surface area (Å²) < 4.78 is 11.5. The van der Waals surface area contributed by atoms with Crippen LogP contribution in [0.5, 0.6) is 5.75 Å². The fourth-order valence-electron chi connectivity index (χ4n) is 3.78. The third-order valence-electron chi connectivity index (χ3n) is 5.63. The molecule has 8 heteroatoms. The van der Waals surface area contributed by atoms with E-state index in [2.05, 4.69) is 57.5 Å². The standard InChI is InChI=1S/C22H36N4O2S.HI/c1-23-22(25-17-21-7-4-14-29-21)24-16-18-5-3-6-20(15-18)28-13-10-26(2)19-8-11-27-12-9-19;/h3,5-6,15,19,21H,4,7-14,16-17H2,1-2H3,(H2,23,24,25);1H. The Kier molecular flexibility index (Phi) is 12.2. The van der Waals surface area contributed by atoms with Crippen LogP contribution < -0.4 is 15.4 Å². The first kappa shape index (κ1) is 25.5. The molecule has 30 heavy (non-hydrogen) atoms. The second-order valence-electron chi connectivity index (χ2n) is 7.76. The average Bonchev–Trinajstić information content (AvgIpc) is 3.28. The molecule has 2 fully saturated rings. The molecular weight excluding hydrogens is 511 g/mol. The minimum Gasteiger partial charge on any atom is -0.492 e. The first-order valence-electron chi connectivity index (χ1n) is 10.8. The highest BCUT2D eigenvalue weighted by molar-refractivity contribution is 14.0. The zero-order chi connectivity index (χ0) is 20.3. The van der Waals surface area contributed by atoms with Crippen LogP contribution in [0.1, 0.15) is 31.2 Å². The summed E-state index contributed by atoms with van der Waals surface area (Å²) in [5.41, 5.74) is 1.19. The predicted molar refractivity (Wildman–Crippen MR) is 138 cm³/mol. The van der Waals surface area contributed by atoms with Crippen LogP contribution in [-0.4, -0.2) is 74.9 Å². The molecule has 1 unspecified atom stereocenters. The zero-order valence-corrected chi connectivity index (χ0v) is 21.4. The lowest BCUT2D eigenvalue weighted by Gasteiger charge is -2.31. The van der Waals surface area contributed by atoms with Crippen LogP contribution in [0.4, 0.5) is 0 Å². The smallest absolute Gasteiger partial charge is 0.191 e. The molecule has 170 valence electrons. The molecule has 2 heterocycles. The van der Waals surface area contributed by atoms with Crippen molar-refractivity contribution in [2.75, 3.05) is 52.8 Å². The Morgan fingerprint density at radius 1 is 1.27 bits per heavy atom. The number of nitrogens with one attached hydrogen (secondary N) is 2. The van der Waals surface area contributed by atoms with Crippen LogP contribution in [0.25, 0.3) is 0 Å². The van der Waals surface area contributed by atoms with Crippen LogP contribution in [0.15, 0.2) is 29.3 Å². The molecule has 1 atom stereocenters. The minimum atomic E-state index is 0. The fourth-order valence-corrected chi connectivity index (χ4v) is 4.98. The Balaban J connectivity index is 0.00000320. The summed E-state index contributed by atoms with van der Waals surface area (Å²) >= 11 is 2.06. The third-order valence-corrected chi connectivity index (χ3v) is 7.03. The lowest BCUT2D eigenvalue weighted by Crippen LogP contribution is -2.39. The van der Waals surface area contributed by atoms with Gasteiger partial charge in [0.2, 0.25) is 0 Å². The van der Waals surface area contributed by atoms with Crippen LogP contribution in [0, 0.1) is 0 Å². The summed E-state index contributed by atoms with van der Waals surface area (Å²) in [6.45, 7) is 5.10. The van der Waals surface area contributed by atoms with E-state index in [0.29, 0.717) is 17.9 Å². The monoisotopic (exact) mass is 548 g/mol. The van der Waals surface area contributed by atoms with Crippen molar-refractivity contribution < 1.29 is 9.47 Å². The lowest BCUT2D eigenvalue weighted by atomic mass is 10.1. The van der Waals surface area contributed by atoms with Gasteiger partial charge in [0.15, 0.2) is 5.96 Å². The van der Waals surface area contributed by atoms with Crippen molar-refractivity contribution in [1.29, 1.82) is 0 Å². The largest absolute Gasteiger partial charge is 0.492 e. The molecule has 3 rings (SSSR count). The second-order valence-corrected chi connectivity index (χ2v) is 9.17. The van der Waals surface area contributed by atoms with Gasteiger partial charge in [-0.25, -0.2) is 0 Å². The lowest BCUT2D eigenvalue weighted by molar-refractivity contribution is 0.0392. The maximum atomic E-state index is 6.01. The fraction of sp³-hybridized carbons (Fsp3) is 0.682. The number of nitrogens with zero attached hydrogens (tertiary/aromatic N) is 2. The van der Waals surface area contributed by atoms with Crippen LogP contribution >= 0.6 is 35.7 Å². The van der Waals surface area contributed by atoms with Gasteiger partial charge < -0.3 is 20.1 Å². The molecule has 2 aliphatic heterocycles. The maximum Gasteiger partial charge on any atom is 0.191 e. The van der Waals surface area contributed by atoms with E-state index in [0.717, 1.165) is 57.4 Å². The topological polar surface area (TPSA) is 58.1 Å². The first-order chi connectivity index (χ1) is 14.2. The number of thioether (sulfide) groups is 1. The number of hydrogen-bond donors (Lipinski definition) is 2. The van der Waals surface area contributed by atoms with Crippen molar-refractivity contribution in [2.45, 2.75) is 43.5 Å². The molecule has 6 nitrogen and oxygen atoms in total. The van der Waals surface area contributed by atoms with Gasteiger partial charge >= 0.3 is 0 Å². The van der Waals surface area contributed by atoms with Gasteiger partial charge in [-0.05, 0) is 56.2 Å². The van der Waals surface area contributed by atoms with E-state index in [1.165, 1.54) is 24.2 Å². The van der Waals surface area contributed by atoms with E-state index in [1.54, 1.807) is 0 Å². The molecule has 2 aliphatic rings. The van der Waals surface area contributed by atoms with Gasteiger partial charge in [-0.3, -0.25) is 9.89 Å². The number of aliphatic imine (C=N–C) groups is 1. The van der Waals surface area contributed by atoms with E-state index in [-0.39, 0.29) is 24.0 Å². The Labute approximate surface area is 203 Å². The molecule has 0 amide bonds. The summed E-state index contributed by atoms with van der Waals surface area (Å²) in [7, 11) is 4.01. The second kappa shape index (κ2) is 14.4. The van der Waals surface area contributed by atoms with E-state index in [4.69, 9.17) is 9.47 Å². The van der Waals surface area contributed by atoms with Crippen LogP contribution in [-0.2, 0) is 11.3 Å². The first-order valence-corrected chi connectivity index (χ1v) is 11.9. The molecule has 2 saturated heterocycles. The van der Waals surface area contributed by atoms with Gasteiger partial charge in [0, 0.05) is 51.2 Å². The average molecular weight is 549 g/mol. The van der Waals surface area contributed by atoms with E-state index < -0.39 is 0 Å². The van der Waals surface area contributed by atoms with E-state index in [1.807, 2.05) is 13.1 Å². The molecule has 0 aromatic heterocycles. The molecule has 0 spiro atoms. The Morgan fingerprint density at radius 3 is 2.83 bits per heavy atom. The molecule has 0 bridgehead atoms. The molecule has 0 saturated carbocycles. The Hall–Kier alpha value is -0.710. The highest BCUT2D eigenvalue weighted by Crippen LogP contribution is 2.25. The van der Waals surface area contributed by atoms with Gasteiger partial charge in [0.1, 0.15) is 12.4 Å². The van der Waals surface area contributed by atoms with E-state index in [9.17, 15) is 0 Å². The quantitative estimate of drug-likeness (QED) is 0.281. The zero-order valence-electron chi connectivity index (χ0n) is 18.3. The Bertz CT molecular complexity index is 637. The van der Waals surface area contributed by atoms with Crippen molar-refractivity contribution in [3.05, 3.63) is 29.8 Å². The van der Waals surface area contributed by atoms with Gasteiger partial charge in [-0.1, -0.05) is 12.1 Å². The van der Waals surface area contributed by atoms with Crippen molar-refractivity contribution >= 4 is 41.7 Å². The number of ether oxygens (including phenoxy) is 2. The summed E-state index contributed by atoms with van der Waals surface area (Å²) in [5.74, 6) is 3.08. The van der Waals surface area contributed by atoms with E-state index >= 15 is 0 Å². The summed E-state index contributed by atoms with van der Waals surface area (Å²) in [6, 6.07) is 8.93. The number of benzene rings is 1. The van der Waals surface area contributed by atoms with Crippen LogP contribution in [0.3, 0.4) is 0 Å². The normalized spacial score (nSPS) is 20.1. The summed E-state index contributed by atoms with van der Waals surface area (Å²) in [4.78, 5) is 6.73. The number of rotatable bonds is 9. The SMILES string of the molecule is CN=C(NCc1cccc(OCCN(C)C2CCOCC2)c1)NCC1CCCS1.I. The molecule has 1 aromatic carbocycles. The molecular formula is C22H37IN4O2S. The van der Waals surface area contributed by atoms with Crippen molar-refractivity contribution in [3.8, 4) is 5.75 Å².